The summed E-state index contributed by atoms with van der Waals surface area (Å²) in [6.07, 6.45) is 3.91. The Morgan fingerprint density at radius 1 is 1.33 bits per heavy atom. The van der Waals surface area contributed by atoms with Crippen LogP contribution >= 0.6 is 0 Å². The Morgan fingerprint density at radius 3 is 2.83 bits per heavy atom. The molecule has 3 heteroatoms. The second kappa shape index (κ2) is 5.36. The third kappa shape index (κ3) is 2.62. The topological polar surface area (TPSA) is 54.7 Å². The van der Waals surface area contributed by atoms with Crippen molar-refractivity contribution in [2.75, 3.05) is 0 Å². The van der Waals surface area contributed by atoms with Gasteiger partial charge in [-0.05, 0) is 31.9 Å². The minimum atomic E-state index is 0.00821. The largest absolute Gasteiger partial charge is 0.341 e. The van der Waals surface area contributed by atoms with Crippen LogP contribution in [0.3, 0.4) is 0 Å². The standard InChI is InChI=1S/C15H21N3/c1-4-5-13(16)15-17-9-14(18-15)12-8-10(2)6-7-11(12)3/h6-9,13H,4-5,16H2,1-3H3,(H,17,18). The molecule has 0 aliphatic rings. The van der Waals surface area contributed by atoms with Gasteiger partial charge in [-0.2, -0.15) is 0 Å². The van der Waals surface area contributed by atoms with Crippen molar-refractivity contribution in [1.29, 1.82) is 0 Å². The van der Waals surface area contributed by atoms with Crippen LogP contribution in [0.25, 0.3) is 11.3 Å². The molecule has 3 N–H and O–H groups in total. The molecule has 2 rings (SSSR count). The normalized spacial score (nSPS) is 12.7. The number of imidazole rings is 1. The maximum atomic E-state index is 6.07. The van der Waals surface area contributed by atoms with Crippen LogP contribution in [-0.2, 0) is 0 Å². The number of nitrogens with one attached hydrogen (secondary N) is 1. The summed E-state index contributed by atoms with van der Waals surface area (Å²) in [4.78, 5) is 7.75. The monoisotopic (exact) mass is 243 g/mol. The highest BCUT2D eigenvalue weighted by molar-refractivity contribution is 5.63. The van der Waals surface area contributed by atoms with Gasteiger partial charge < -0.3 is 10.7 Å². The summed E-state index contributed by atoms with van der Waals surface area (Å²) in [5.74, 6) is 0.882. The van der Waals surface area contributed by atoms with Crippen LogP contribution in [0, 0.1) is 13.8 Å². The number of aryl methyl sites for hydroxylation is 2. The lowest BCUT2D eigenvalue weighted by molar-refractivity contribution is 0.609. The van der Waals surface area contributed by atoms with E-state index >= 15 is 0 Å². The highest BCUT2D eigenvalue weighted by Gasteiger charge is 2.11. The minimum Gasteiger partial charge on any atom is -0.341 e. The van der Waals surface area contributed by atoms with Crippen molar-refractivity contribution in [3.63, 3.8) is 0 Å². The molecule has 0 fully saturated rings. The molecule has 18 heavy (non-hydrogen) atoms. The van der Waals surface area contributed by atoms with E-state index in [1.807, 2.05) is 6.20 Å². The predicted octanol–water partition coefficient (Wildman–Crippen LogP) is 3.49. The van der Waals surface area contributed by atoms with Crippen molar-refractivity contribution >= 4 is 0 Å². The zero-order valence-electron chi connectivity index (χ0n) is 11.3. The highest BCUT2D eigenvalue weighted by Crippen LogP contribution is 2.24. The second-order valence-electron chi connectivity index (χ2n) is 4.90. The van der Waals surface area contributed by atoms with Crippen LogP contribution in [0.5, 0.6) is 0 Å². The lowest BCUT2D eigenvalue weighted by Gasteiger charge is -2.07. The average Bonchev–Trinajstić information content (AvgIpc) is 2.82. The summed E-state index contributed by atoms with van der Waals surface area (Å²) < 4.78 is 0. The van der Waals surface area contributed by atoms with Crippen molar-refractivity contribution in [2.24, 2.45) is 5.73 Å². The quantitative estimate of drug-likeness (QED) is 0.863. The first-order chi connectivity index (χ1) is 8.61. The first kappa shape index (κ1) is 12.8. The third-order valence-electron chi connectivity index (χ3n) is 3.23. The minimum absolute atomic E-state index is 0.00821. The van der Waals surface area contributed by atoms with Gasteiger partial charge in [-0.1, -0.05) is 31.0 Å². The number of hydrogen-bond acceptors (Lipinski definition) is 2. The van der Waals surface area contributed by atoms with E-state index in [2.05, 4.69) is 48.9 Å². The molecule has 0 bridgehead atoms. The maximum absolute atomic E-state index is 6.07. The van der Waals surface area contributed by atoms with Gasteiger partial charge in [-0.15, -0.1) is 0 Å². The zero-order valence-corrected chi connectivity index (χ0v) is 11.3. The van der Waals surface area contributed by atoms with Crippen LogP contribution in [-0.4, -0.2) is 9.97 Å². The molecule has 1 aromatic heterocycles. The molecule has 0 aliphatic carbocycles. The summed E-state index contributed by atoms with van der Waals surface area (Å²) in [5.41, 5.74) is 10.8. The Kier molecular flexibility index (Phi) is 3.82. The van der Waals surface area contributed by atoms with E-state index in [1.165, 1.54) is 16.7 Å². The van der Waals surface area contributed by atoms with E-state index in [-0.39, 0.29) is 6.04 Å². The fourth-order valence-electron chi connectivity index (χ4n) is 2.14. The van der Waals surface area contributed by atoms with Gasteiger partial charge in [0.05, 0.1) is 17.9 Å². The van der Waals surface area contributed by atoms with Gasteiger partial charge in [0, 0.05) is 5.56 Å². The molecule has 3 nitrogen and oxygen atoms in total. The summed E-state index contributed by atoms with van der Waals surface area (Å²) >= 11 is 0. The number of nitrogens with zero attached hydrogens (tertiary/aromatic N) is 1. The van der Waals surface area contributed by atoms with Crippen molar-refractivity contribution < 1.29 is 0 Å². The first-order valence-corrected chi connectivity index (χ1v) is 6.50. The number of benzene rings is 1. The Hall–Kier alpha value is -1.61. The highest BCUT2D eigenvalue weighted by atomic mass is 15.0. The molecule has 1 aromatic carbocycles. The fourth-order valence-corrected chi connectivity index (χ4v) is 2.14. The van der Waals surface area contributed by atoms with Gasteiger partial charge in [0.2, 0.25) is 0 Å². The molecule has 1 unspecified atom stereocenters. The van der Waals surface area contributed by atoms with Crippen molar-refractivity contribution in [1.82, 2.24) is 9.97 Å². The number of H-pyrrole nitrogens is 1. The van der Waals surface area contributed by atoms with E-state index in [4.69, 9.17) is 5.73 Å². The van der Waals surface area contributed by atoms with Crippen molar-refractivity contribution in [3.05, 3.63) is 41.3 Å². The van der Waals surface area contributed by atoms with Gasteiger partial charge >= 0.3 is 0 Å². The number of nitrogens with two attached hydrogens (primary N) is 1. The lowest BCUT2D eigenvalue weighted by Crippen LogP contribution is -2.11. The van der Waals surface area contributed by atoms with Crippen LogP contribution < -0.4 is 5.73 Å². The van der Waals surface area contributed by atoms with Gasteiger partial charge in [0.1, 0.15) is 5.82 Å². The molecular formula is C15H21N3. The Morgan fingerprint density at radius 2 is 2.11 bits per heavy atom. The molecule has 0 spiro atoms. The van der Waals surface area contributed by atoms with E-state index < -0.39 is 0 Å². The number of rotatable bonds is 4. The molecule has 1 heterocycles. The van der Waals surface area contributed by atoms with Gasteiger partial charge in [0.15, 0.2) is 0 Å². The van der Waals surface area contributed by atoms with E-state index in [1.54, 1.807) is 0 Å². The van der Waals surface area contributed by atoms with Gasteiger partial charge in [-0.3, -0.25) is 0 Å². The molecule has 0 aliphatic heterocycles. The lowest BCUT2D eigenvalue weighted by atomic mass is 10.0. The summed E-state index contributed by atoms with van der Waals surface area (Å²) in [5, 5.41) is 0. The van der Waals surface area contributed by atoms with Gasteiger partial charge in [-0.25, -0.2) is 4.98 Å². The average molecular weight is 243 g/mol. The van der Waals surface area contributed by atoms with Crippen LogP contribution in [0.15, 0.2) is 24.4 Å². The molecule has 96 valence electrons. The molecule has 0 saturated heterocycles. The Bertz CT molecular complexity index is 528. The second-order valence-corrected chi connectivity index (χ2v) is 4.90. The zero-order chi connectivity index (χ0) is 13.1. The van der Waals surface area contributed by atoms with E-state index in [0.29, 0.717) is 0 Å². The van der Waals surface area contributed by atoms with Crippen molar-refractivity contribution in [3.8, 4) is 11.3 Å². The number of aromatic amines is 1. The van der Waals surface area contributed by atoms with E-state index in [9.17, 15) is 0 Å². The molecule has 2 aromatic rings. The maximum Gasteiger partial charge on any atom is 0.123 e. The molecule has 0 amide bonds. The van der Waals surface area contributed by atoms with E-state index in [0.717, 1.165) is 24.4 Å². The molecule has 0 saturated carbocycles. The number of hydrogen-bond donors (Lipinski definition) is 2. The third-order valence-corrected chi connectivity index (χ3v) is 3.23. The van der Waals surface area contributed by atoms with Crippen molar-refractivity contribution in [2.45, 2.75) is 39.7 Å². The fraction of sp³-hybridized carbons (Fsp3) is 0.400. The SMILES string of the molecule is CCCC(N)c1ncc(-c2cc(C)ccc2C)[nH]1. The van der Waals surface area contributed by atoms with Crippen LogP contribution in [0.1, 0.15) is 42.8 Å². The number of aromatic nitrogens is 2. The van der Waals surface area contributed by atoms with Gasteiger partial charge in [0.25, 0.3) is 0 Å². The summed E-state index contributed by atoms with van der Waals surface area (Å²) in [6.45, 7) is 6.35. The summed E-state index contributed by atoms with van der Waals surface area (Å²) in [7, 11) is 0. The smallest absolute Gasteiger partial charge is 0.123 e. The summed E-state index contributed by atoms with van der Waals surface area (Å²) in [6, 6.07) is 6.45. The predicted molar refractivity (Wildman–Crippen MR) is 75.3 cm³/mol. The molecular weight excluding hydrogens is 222 g/mol. The van der Waals surface area contributed by atoms with Crippen LogP contribution in [0.4, 0.5) is 0 Å². The molecule has 1 atom stereocenters. The van der Waals surface area contributed by atoms with Crippen LogP contribution in [0.2, 0.25) is 0 Å². The molecule has 0 radical (unpaired) electrons. The Labute approximate surface area is 108 Å². The Balaban J connectivity index is 2.32. The first-order valence-electron chi connectivity index (χ1n) is 6.50.